The third-order valence-electron chi connectivity index (χ3n) is 5.81. The summed E-state index contributed by atoms with van der Waals surface area (Å²) >= 11 is 0. The van der Waals surface area contributed by atoms with E-state index in [1.54, 1.807) is 24.8 Å². The SMILES string of the molecule is O=C(NCCc1ccncc1)c1cccc(CNc2ncc(-c3ccncc3)c3c2CCO3)c1. The molecule has 1 aromatic carbocycles. The van der Waals surface area contributed by atoms with Gasteiger partial charge in [0.1, 0.15) is 11.6 Å². The lowest BCUT2D eigenvalue weighted by Gasteiger charge is -2.13. The largest absolute Gasteiger partial charge is 0.492 e. The fourth-order valence-electron chi connectivity index (χ4n) is 4.06. The van der Waals surface area contributed by atoms with Gasteiger partial charge in [-0.3, -0.25) is 14.8 Å². The predicted molar refractivity (Wildman–Crippen MR) is 131 cm³/mol. The summed E-state index contributed by atoms with van der Waals surface area (Å²) in [7, 11) is 0. The van der Waals surface area contributed by atoms with E-state index in [2.05, 4.69) is 25.6 Å². The Kier molecular flexibility index (Phi) is 6.42. The Morgan fingerprint density at radius 3 is 2.59 bits per heavy atom. The van der Waals surface area contributed by atoms with Crippen LogP contribution in [0.5, 0.6) is 5.75 Å². The van der Waals surface area contributed by atoms with Gasteiger partial charge in [-0.1, -0.05) is 12.1 Å². The van der Waals surface area contributed by atoms with Gasteiger partial charge in [-0.2, -0.15) is 0 Å². The van der Waals surface area contributed by atoms with E-state index in [9.17, 15) is 4.79 Å². The number of carbonyl (C=O) groups excluding carboxylic acids is 1. The second kappa shape index (κ2) is 10.1. The van der Waals surface area contributed by atoms with E-state index in [1.165, 1.54) is 0 Å². The molecule has 0 atom stereocenters. The maximum absolute atomic E-state index is 12.6. The van der Waals surface area contributed by atoms with Crippen molar-refractivity contribution in [2.24, 2.45) is 0 Å². The lowest BCUT2D eigenvalue weighted by Crippen LogP contribution is -2.25. The summed E-state index contributed by atoms with van der Waals surface area (Å²) in [5.74, 6) is 1.62. The topological polar surface area (TPSA) is 89.0 Å². The van der Waals surface area contributed by atoms with E-state index < -0.39 is 0 Å². The quantitative estimate of drug-likeness (QED) is 0.420. The van der Waals surface area contributed by atoms with Crippen LogP contribution in [-0.4, -0.2) is 34.0 Å². The number of ether oxygens (including phenoxy) is 1. The van der Waals surface area contributed by atoms with Crippen molar-refractivity contribution < 1.29 is 9.53 Å². The second-order valence-corrected chi connectivity index (χ2v) is 8.08. The van der Waals surface area contributed by atoms with Crippen LogP contribution in [-0.2, 0) is 19.4 Å². The van der Waals surface area contributed by atoms with Gasteiger partial charge in [0.05, 0.1) is 6.61 Å². The van der Waals surface area contributed by atoms with Crippen molar-refractivity contribution in [2.45, 2.75) is 19.4 Å². The highest BCUT2D eigenvalue weighted by atomic mass is 16.5. The minimum Gasteiger partial charge on any atom is -0.492 e. The highest BCUT2D eigenvalue weighted by Crippen LogP contribution is 2.39. The van der Waals surface area contributed by atoms with Crippen molar-refractivity contribution in [2.75, 3.05) is 18.5 Å². The number of rotatable bonds is 8. The molecule has 1 aliphatic rings. The Morgan fingerprint density at radius 2 is 1.76 bits per heavy atom. The number of carbonyl (C=O) groups is 1. The fourth-order valence-corrected chi connectivity index (χ4v) is 4.06. The average molecular weight is 452 g/mol. The van der Waals surface area contributed by atoms with Crippen LogP contribution < -0.4 is 15.4 Å². The molecule has 34 heavy (non-hydrogen) atoms. The Bertz CT molecular complexity index is 1280. The van der Waals surface area contributed by atoms with Gasteiger partial charge in [-0.25, -0.2) is 4.98 Å². The third kappa shape index (κ3) is 4.88. The summed E-state index contributed by atoms with van der Waals surface area (Å²) in [6.45, 7) is 1.78. The molecule has 0 spiro atoms. The molecule has 5 rings (SSSR count). The maximum Gasteiger partial charge on any atom is 0.251 e. The number of pyridine rings is 3. The Hall–Kier alpha value is -4.26. The molecule has 7 nitrogen and oxygen atoms in total. The molecule has 0 radical (unpaired) electrons. The molecular weight excluding hydrogens is 426 g/mol. The van der Waals surface area contributed by atoms with Gasteiger partial charge in [0.25, 0.3) is 5.91 Å². The minimum absolute atomic E-state index is 0.0787. The number of nitrogens with one attached hydrogen (secondary N) is 2. The van der Waals surface area contributed by atoms with Crippen molar-refractivity contribution in [3.63, 3.8) is 0 Å². The van der Waals surface area contributed by atoms with Crippen LogP contribution in [0.3, 0.4) is 0 Å². The Labute approximate surface area is 198 Å². The highest BCUT2D eigenvalue weighted by molar-refractivity contribution is 5.94. The summed E-state index contributed by atoms with van der Waals surface area (Å²) in [4.78, 5) is 25.4. The number of amides is 1. The Morgan fingerprint density at radius 1 is 0.971 bits per heavy atom. The van der Waals surface area contributed by atoms with Crippen LogP contribution in [0.1, 0.15) is 27.0 Å². The smallest absolute Gasteiger partial charge is 0.251 e. The molecule has 170 valence electrons. The molecule has 7 heteroatoms. The monoisotopic (exact) mass is 451 g/mol. The molecule has 4 aromatic rings. The van der Waals surface area contributed by atoms with Gasteiger partial charge in [0.2, 0.25) is 0 Å². The number of fused-ring (bicyclic) bond motifs is 1. The number of anilines is 1. The van der Waals surface area contributed by atoms with Crippen molar-refractivity contribution in [3.8, 4) is 16.9 Å². The molecule has 4 heterocycles. The third-order valence-corrected chi connectivity index (χ3v) is 5.81. The Balaban J connectivity index is 1.23. The van der Waals surface area contributed by atoms with Gasteiger partial charge >= 0.3 is 0 Å². The predicted octanol–water partition coefficient (Wildman–Crippen LogP) is 4.06. The van der Waals surface area contributed by atoms with Crippen LogP contribution in [0.4, 0.5) is 5.82 Å². The van der Waals surface area contributed by atoms with E-state index in [0.29, 0.717) is 25.3 Å². The first kappa shape index (κ1) is 21.6. The van der Waals surface area contributed by atoms with Gasteiger partial charge in [0, 0.05) is 67.2 Å². The first-order valence-corrected chi connectivity index (χ1v) is 11.3. The molecule has 0 fully saturated rings. The molecule has 2 N–H and O–H groups in total. The number of nitrogens with zero attached hydrogens (tertiary/aromatic N) is 3. The molecule has 0 unspecified atom stereocenters. The number of hydrogen-bond acceptors (Lipinski definition) is 6. The molecule has 0 aliphatic carbocycles. The van der Waals surface area contributed by atoms with E-state index in [1.807, 2.05) is 54.7 Å². The van der Waals surface area contributed by atoms with E-state index in [4.69, 9.17) is 4.74 Å². The van der Waals surface area contributed by atoms with Gasteiger partial charge in [0.15, 0.2) is 0 Å². The summed E-state index contributed by atoms with van der Waals surface area (Å²) in [6.07, 6.45) is 10.5. The van der Waals surface area contributed by atoms with Gasteiger partial charge < -0.3 is 15.4 Å². The van der Waals surface area contributed by atoms with E-state index >= 15 is 0 Å². The van der Waals surface area contributed by atoms with Gasteiger partial charge in [-0.05, 0) is 59.5 Å². The summed E-state index contributed by atoms with van der Waals surface area (Å²) in [5, 5.41) is 6.42. The number of benzene rings is 1. The first-order valence-electron chi connectivity index (χ1n) is 11.3. The maximum atomic E-state index is 12.6. The number of hydrogen-bond donors (Lipinski definition) is 2. The zero-order valence-corrected chi connectivity index (χ0v) is 18.7. The van der Waals surface area contributed by atoms with Crippen LogP contribution in [0.25, 0.3) is 11.1 Å². The summed E-state index contributed by atoms with van der Waals surface area (Å²) in [5.41, 5.74) is 5.89. The van der Waals surface area contributed by atoms with Crippen molar-refractivity contribution in [1.29, 1.82) is 0 Å². The van der Waals surface area contributed by atoms with Crippen LogP contribution in [0.15, 0.2) is 79.5 Å². The molecule has 0 saturated carbocycles. The normalized spacial score (nSPS) is 12.0. The molecule has 0 saturated heterocycles. The standard InChI is InChI=1S/C27H25N5O2/c33-27(30-14-6-19-4-10-28-11-5-19)22-3-1-2-20(16-22)17-31-26-23-9-15-34-25(23)24(18-32-26)21-7-12-29-13-8-21/h1-5,7-8,10-13,16,18H,6,9,14-15,17H2,(H,30,33)(H,31,32). The van der Waals surface area contributed by atoms with Crippen LogP contribution in [0, 0.1) is 0 Å². The first-order chi connectivity index (χ1) is 16.8. The van der Waals surface area contributed by atoms with Crippen molar-refractivity contribution >= 4 is 11.7 Å². The summed E-state index contributed by atoms with van der Waals surface area (Å²) < 4.78 is 5.94. The van der Waals surface area contributed by atoms with Crippen LogP contribution in [0.2, 0.25) is 0 Å². The van der Waals surface area contributed by atoms with Gasteiger partial charge in [-0.15, -0.1) is 0 Å². The van der Waals surface area contributed by atoms with Crippen molar-refractivity contribution in [1.82, 2.24) is 20.3 Å². The van der Waals surface area contributed by atoms with E-state index in [0.717, 1.165) is 52.2 Å². The lowest BCUT2D eigenvalue weighted by molar-refractivity contribution is 0.0954. The average Bonchev–Trinajstić information content (AvgIpc) is 3.39. The summed E-state index contributed by atoms with van der Waals surface area (Å²) in [6, 6.07) is 15.5. The van der Waals surface area contributed by atoms with Crippen molar-refractivity contribution in [3.05, 3.63) is 102 Å². The minimum atomic E-state index is -0.0787. The molecule has 0 bridgehead atoms. The zero-order valence-electron chi connectivity index (χ0n) is 18.7. The second-order valence-electron chi connectivity index (χ2n) is 8.08. The highest BCUT2D eigenvalue weighted by Gasteiger charge is 2.22. The number of aromatic nitrogens is 3. The zero-order chi connectivity index (χ0) is 23.2. The molecule has 1 amide bonds. The van der Waals surface area contributed by atoms with Crippen LogP contribution >= 0.6 is 0 Å². The fraction of sp³-hybridized carbons (Fsp3) is 0.185. The lowest BCUT2D eigenvalue weighted by atomic mass is 10.0. The van der Waals surface area contributed by atoms with E-state index in [-0.39, 0.29) is 5.91 Å². The molecule has 1 aliphatic heterocycles. The molecule has 3 aromatic heterocycles. The molecular formula is C27H25N5O2.